The van der Waals surface area contributed by atoms with Crippen molar-refractivity contribution in [2.75, 3.05) is 14.2 Å². The van der Waals surface area contributed by atoms with Crippen molar-refractivity contribution in [2.45, 2.75) is 32.6 Å². The van der Waals surface area contributed by atoms with Gasteiger partial charge in [-0.1, -0.05) is 27.6 Å². The van der Waals surface area contributed by atoms with Crippen LogP contribution in [0.3, 0.4) is 0 Å². The molecule has 3 nitrogen and oxygen atoms in total. The van der Waals surface area contributed by atoms with Crippen LogP contribution in [0.2, 0.25) is 0 Å². The first kappa shape index (κ1) is 16.1. The minimum atomic E-state index is -0.0160. The number of Topliss-reactive ketones (excluding diaryl/α,β-unsaturated/α-hetero) is 1. The Kier molecular flexibility index (Phi) is 5.09. The summed E-state index contributed by atoms with van der Waals surface area (Å²) in [5, 5.41) is 0. The number of rotatable bonds is 4. The summed E-state index contributed by atoms with van der Waals surface area (Å²) in [5.41, 5.74) is 2.27. The van der Waals surface area contributed by atoms with Crippen LogP contribution in [0, 0.1) is 5.92 Å². The van der Waals surface area contributed by atoms with Crippen LogP contribution in [-0.4, -0.2) is 20.0 Å². The molecule has 0 amide bonds. The largest absolute Gasteiger partial charge is 0.496 e. The first-order valence-corrected chi connectivity index (χ1v) is 7.86. The van der Waals surface area contributed by atoms with E-state index in [2.05, 4.69) is 28.9 Å². The highest BCUT2D eigenvalue weighted by Crippen LogP contribution is 2.46. The zero-order valence-electron chi connectivity index (χ0n) is 12.9. The van der Waals surface area contributed by atoms with Gasteiger partial charge in [-0.15, -0.1) is 0 Å². The molecule has 0 bridgehead atoms. The second-order valence-corrected chi connectivity index (χ2v) is 6.43. The Morgan fingerprint density at radius 2 is 1.81 bits per heavy atom. The molecule has 1 aromatic rings. The highest BCUT2D eigenvalue weighted by Gasteiger charge is 2.32. The molecule has 0 fully saturated rings. The van der Waals surface area contributed by atoms with Gasteiger partial charge in [-0.3, -0.25) is 4.79 Å². The van der Waals surface area contributed by atoms with E-state index in [1.807, 2.05) is 12.1 Å². The molecule has 1 aromatic carbocycles. The Morgan fingerprint density at radius 3 is 2.29 bits per heavy atom. The lowest BCUT2D eigenvalue weighted by Gasteiger charge is -2.30. The fraction of sp³-hybridized carbons (Fsp3) is 0.471. The van der Waals surface area contributed by atoms with Crippen LogP contribution in [0.1, 0.15) is 38.2 Å². The Morgan fingerprint density at radius 1 is 1.24 bits per heavy atom. The maximum absolute atomic E-state index is 12.0. The van der Waals surface area contributed by atoms with Gasteiger partial charge in [0.2, 0.25) is 0 Å². The number of halogens is 1. The highest BCUT2D eigenvalue weighted by molar-refractivity contribution is 9.10. The highest BCUT2D eigenvalue weighted by atomic mass is 79.9. The van der Waals surface area contributed by atoms with Gasteiger partial charge in [0.1, 0.15) is 17.3 Å². The Balaban J connectivity index is 2.61. The third-order valence-corrected chi connectivity index (χ3v) is 4.57. The second-order valence-electron chi connectivity index (χ2n) is 5.52. The van der Waals surface area contributed by atoms with E-state index in [0.717, 1.165) is 34.4 Å². The van der Waals surface area contributed by atoms with Crippen LogP contribution in [0.15, 0.2) is 28.3 Å². The maximum atomic E-state index is 12.0. The van der Waals surface area contributed by atoms with Crippen molar-refractivity contribution in [1.29, 1.82) is 0 Å². The summed E-state index contributed by atoms with van der Waals surface area (Å²) in [4.78, 5) is 12.0. The number of ketones is 1. The molecule has 0 spiro atoms. The Bertz CT molecular complexity index is 552. The number of allylic oxidation sites excluding steroid dienone is 2. The van der Waals surface area contributed by atoms with E-state index in [1.54, 1.807) is 21.1 Å². The Labute approximate surface area is 134 Å². The van der Waals surface area contributed by atoms with Crippen LogP contribution in [0.4, 0.5) is 0 Å². The average Bonchev–Trinajstić information content (AvgIpc) is 2.45. The lowest BCUT2D eigenvalue weighted by atomic mass is 9.75. The SMILES string of the molecule is COc1cc(Br)cc(OC)c1[C@@H]1C=C(C)CC[C@H]1C(C)=O. The van der Waals surface area contributed by atoms with Crippen molar-refractivity contribution in [3.63, 3.8) is 0 Å². The van der Waals surface area contributed by atoms with E-state index in [4.69, 9.17) is 9.47 Å². The Hall–Kier alpha value is -1.29. The van der Waals surface area contributed by atoms with E-state index in [9.17, 15) is 4.79 Å². The van der Waals surface area contributed by atoms with Crippen LogP contribution < -0.4 is 9.47 Å². The van der Waals surface area contributed by atoms with Gasteiger partial charge in [-0.05, 0) is 38.8 Å². The molecule has 114 valence electrons. The fourth-order valence-corrected chi connectivity index (χ4v) is 3.46. The zero-order valence-corrected chi connectivity index (χ0v) is 14.5. The number of benzene rings is 1. The summed E-state index contributed by atoms with van der Waals surface area (Å²) < 4.78 is 12.0. The summed E-state index contributed by atoms with van der Waals surface area (Å²) in [6, 6.07) is 3.85. The molecule has 2 rings (SSSR count). The third kappa shape index (κ3) is 3.31. The second kappa shape index (κ2) is 6.65. The molecule has 21 heavy (non-hydrogen) atoms. The predicted octanol–water partition coefficient (Wildman–Crippen LogP) is 4.50. The molecular weight excluding hydrogens is 332 g/mol. The number of ether oxygens (including phenoxy) is 2. The number of hydrogen-bond acceptors (Lipinski definition) is 3. The van der Waals surface area contributed by atoms with Crippen molar-refractivity contribution < 1.29 is 14.3 Å². The smallest absolute Gasteiger partial charge is 0.133 e. The van der Waals surface area contributed by atoms with E-state index < -0.39 is 0 Å². The number of methoxy groups -OCH3 is 2. The van der Waals surface area contributed by atoms with Gasteiger partial charge in [0, 0.05) is 21.9 Å². The number of carbonyl (C=O) groups is 1. The molecule has 0 heterocycles. The molecule has 1 aliphatic carbocycles. The fourth-order valence-electron chi connectivity index (χ4n) is 3.04. The quantitative estimate of drug-likeness (QED) is 0.748. The van der Waals surface area contributed by atoms with E-state index in [-0.39, 0.29) is 17.6 Å². The lowest BCUT2D eigenvalue weighted by molar-refractivity contribution is -0.121. The van der Waals surface area contributed by atoms with Crippen molar-refractivity contribution in [3.8, 4) is 11.5 Å². The van der Waals surface area contributed by atoms with Gasteiger partial charge in [0.15, 0.2) is 0 Å². The normalized spacial score (nSPS) is 21.7. The third-order valence-electron chi connectivity index (χ3n) is 4.11. The molecule has 0 N–H and O–H groups in total. The summed E-state index contributed by atoms with van der Waals surface area (Å²) in [5.74, 6) is 1.72. The van der Waals surface area contributed by atoms with Crippen LogP contribution in [-0.2, 0) is 4.79 Å². The average molecular weight is 353 g/mol. The summed E-state index contributed by atoms with van der Waals surface area (Å²) in [7, 11) is 3.29. The van der Waals surface area contributed by atoms with Crippen LogP contribution in [0.5, 0.6) is 11.5 Å². The van der Waals surface area contributed by atoms with Crippen molar-refractivity contribution in [3.05, 3.63) is 33.8 Å². The molecule has 0 saturated carbocycles. The number of carbonyl (C=O) groups excluding carboxylic acids is 1. The van der Waals surface area contributed by atoms with E-state index in [0.29, 0.717) is 0 Å². The standard InChI is InChI=1S/C17H21BrO3/c1-10-5-6-13(11(2)19)14(7-10)17-15(20-3)8-12(18)9-16(17)21-4/h7-9,13-14H,5-6H2,1-4H3/t13-,14+/m0/s1. The van der Waals surface area contributed by atoms with E-state index in [1.165, 1.54) is 5.57 Å². The molecule has 0 unspecified atom stereocenters. The molecule has 0 aromatic heterocycles. The summed E-state index contributed by atoms with van der Waals surface area (Å²) in [6.07, 6.45) is 4.04. The van der Waals surface area contributed by atoms with Gasteiger partial charge in [-0.2, -0.15) is 0 Å². The molecule has 0 aliphatic heterocycles. The zero-order chi connectivity index (χ0) is 15.6. The topological polar surface area (TPSA) is 35.5 Å². The molecule has 2 atom stereocenters. The summed E-state index contributed by atoms with van der Waals surface area (Å²) >= 11 is 3.47. The molecule has 4 heteroatoms. The lowest BCUT2D eigenvalue weighted by Crippen LogP contribution is -2.23. The first-order chi connectivity index (χ1) is 9.97. The maximum Gasteiger partial charge on any atom is 0.133 e. The number of hydrogen-bond donors (Lipinski definition) is 0. The molecule has 0 saturated heterocycles. The van der Waals surface area contributed by atoms with Gasteiger partial charge in [0.05, 0.1) is 14.2 Å². The minimum Gasteiger partial charge on any atom is -0.496 e. The first-order valence-electron chi connectivity index (χ1n) is 7.07. The van der Waals surface area contributed by atoms with Crippen LogP contribution >= 0.6 is 15.9 Å². The van der Waals surface area contributed by atoms with Crippen molar-refractivity contribution >= 4 is 21.7 Å². The van der Waals surface area contributed by atoms with Gasteiger partial charge in [-0.25, -0.2) is 0 Å². The van der Waals surface area contributed by atoms with Gasteiger partial charge < -0.3 is 9.47 Å². The minimum absolute atomic E-state index is 0.00856. The summed E-state index contributed by atoms with van der Waals surface area (Å²) in [6.45, 7) is 3.78. The van der Waals surface area contributed by atoms with Gasteiger partial charge in [0.25, 0.3) is 0 Å². The molecule has 1 aliphatic rings. The molecular formula is C17H21BrO3. The van der Waals surface area contributed by atoms with Crippen molar-refractivity contribution in [1.82, 2.24) is 0 Å². The van der Waals surface area contributed by atoms with Crippen LogP contribution in [0.25, 0.3) is 0 Å². The van der Waals surface area contributed by atoms with E-state index >= 15 is 0 Å². The van der Waals surface area contributed by atoms with Crippen molar-refractivity contribution in [2.24, 2.45) is 5.92 Å². The monoisotopic (exact) mass is 352 g/mol. The molecule has 0 radical (unpaired) electrons. The van der Waals surface area contributed by atoms with Gasteiger partial charge >= 0.3 is 0 Å². The predicted molar refractivity (Wildman–Crippen MR) is 87.1 cm³/mol.